The first-order chi connectivity index (χ1) is 9.08. The highest BCUT2D eigenvalue weighted by atomic mass is 19.1. The SMILES string of the molecule is CNCCN(C)c1cc(CN(C)CCO)ccc1F. The van der Waals surface area contributed by atoms with Crippen molar-refractivity contribution >= 4 is 5.69 Å². The van der Waals surface area contributed by atoms with E-state index in [2.05, 4.69) is 5.32 Å². The Bertz CT molecular complexity index is 387. The maximum Gasteiger partial charge on any atom is 0.146 e. The Morgan fingerprint density at radius 3 is 2.63 bits per heavy atom. The van der Waals surface area contributed by atoms with E-state index >= 15 is 0 Å². The molecule has 0 saturated heterocycles. The molecular formula is C14H24FN3O. The maximum absolute atomic E-state index is 13.8. The van der Waals surface area contributed by atoms with Gasteiger partial charge in [0.25, 0.3) is 0 Å². The third-order valence-electron chi connectivity index (χ3n) is 3.05. The molecule has 0 spiro atoms. The summed E-state index contributed by atoms with van der Waals surface area (Å²) >= 11 is 0. The molecule has 0 unspecified atom stereocenters. The molecule has 0 aromatic heterocycles. The molecule has 0 atom stereocenters. The van der Waals surface area contributed by atoms with Crippen molar-refractivity contribution in [3.8, 4) is 0 Å². The van der Waals surface area contributed by atoms with Gasteiger partial charge in [-0.1, -0.05) is 6.07 Å². The lowest BCUT2D eigenvalue weighted by Crippen LogP contribution is -2.28. The fraction of sp³-hybridized carbons (Fsp3) is 0.571. The number of benzene rings is 1. The molecule has 0 fully saturated rings. The van der Waals surface area contributed by atoms with Crippen LogP contribution in [0.1, 0.15) is 5.56 Å². The molecule has 108 valence electrons. The van der Waals surface area contributed by atoms with E-state index in [-0.39, 0.29) is 12.4 Å². The normalized spacial score (nSPS) is 11.1. The number of nitrogens with one attached hydrogen (secondary N) is 1. The molecular weight excluding hydrogens is 245 g/mol. The van der Waals surface area contributed by atoms with Gasteiger partial charge in [-0.05, 0) is 31.8 Å². The van der Waals surface area contributed by atoms with Crippen LogP contribution < -0.4 is 10.2 Å². The highest BCUT2D eigenvalue weighted by Gasteiger charge is 2.09. The van der Waals surface area contributed by atoms with E-state index in [9.17, 15) is 4.39 Å². The maximum atomic E-state index is 13.8. The van der Waals surface area contributed by atoms with Crippen LogP contribution in [0.5, 0.6) is 0 Å². The van der Waals surface area contributed by atoms with Crippen molar-refractivity contribution < 1.29 is 9.50 Å². The highest BCUT2D eigenvalue weighted by molar-refractivity contribution is 5.49. The smallest absolute Gasteiger partial charge is 0.146 e. The summed E-state index contributed by atoms with van der Waals surface area (Å²) in [6.07, 6.45) is 0. The van der Waals surface area contributed by atoms with E-state index in [1.54, 1.807) is 6.07 Å². The Kier molecular flexibility index (Phi) is 6.77. The fourth-order valence-electron chi connectivity index (χ4n) is 1.91. The number of nitrogens with zero attached hydrogens (tertiary/aromatic N) is 2. The van der Waals surface area contributed by atoms with Gasteiger partial charge >= 0.3 is 0 Å². The van der Waals surface area contributed by atoms with Crippen LogP contribution in [0.3, 0.4) is 0 Å². The van der Waals surface area contributed by atoms with Crippen LogP contribution in [0.4, 0.5) is 10.1 Å². The number of hydrogen-bond donors (Lipinski definition) is 2. The topological polar surface area (TPSA) is 38.7 Å². The van der Waals surface area contributed by atoms with Crippen molar-refractivity contribution in [2.45, 2.75) is 6.54 Å². The zero-order chi connectivity index (χ0) is 14.3. The molecule has 0 saturated carbocycles. The zero-order valence-corrected chi connectivity index (χ0v) is 12.0. The Hall–Kier alpha value is -1.17. The van der Waals surface area contributed by atoms with Crippen molar-refractivity contribution in [1.82, 2.24) is 10.2 Å². The second-order valence-corrected chi connectivity index (χ2v) is 4.77. The molecule has 4 nitrogen and oxygen atoms in total. The summed E-state index contributed by atoms with van der Waals surface area (Å²) < 4.78 is 13.8. The van der Waals surface area contributed by atoms with E-state index in [1.807, 2.05) is 37.0 Å². The second kappa shape index (κ2) is 8.09. The molecule has 0 heterocycles. The van der Waals surface area contributed by atoms with Gasteiger partial charge in [0.2, 0.25) is 0 Å². The van der Waals surface area contributed by atoms with Crippen molar-refractivity contribution in [3.63, 3.8) is 0 Å². The molecule has 0 amide bonds. The van der Waals surface area contributed by atoms with Gasteiger partial charge in [-0.15, -0.1) is 0 Å². The number of halogens is 1. The molecule has 0 aliphatic heterocycles. The van der Waals surface area contributed by atoms with Gasteiger partial charge in [-0.25, -0.2) is 4.39 Å². The van der Waals surface area contributed by atoms with Crippen LogP contribution in [-0.4, -0.2) is 57.4 Å². The van der Waals surface area contributed by atoms with Gasteiger partial charge < -0.3 is 15.3 Å². The van der Waals surface area contributed by atoms with Crippen LogP contribution in [-0.2, 0) is 6.54 Å². The molecule has 0 radical (unpaired) electrons. The minimum atomic E-state index is -0.202. The van der Waals surface area contributed by atoms with Crippen LogP contribution >= 0.6 is 0 Å². The van der Waals surface area contributed by atoms with Gasteiger partial charge in [0.05, 0.1) is 12.3 Å². The number of aliphatic hydroxyl groups is 1. The minimum Gasteiger partial charge on any atom is -0.395 e. The lowest BCUT2D eigenvalue weighted by molar-refractivity contribution is 0.217. The van der Waals surface area contributed by atoms with Crippen molar-refractivity contribution in [1.29, 1.82) is 0 Å². The summed E-state index contributed by atoms with van der Waals surface area (Å²) in [4.78, 5) is 3.91. The van der Waals surface area contributed by atoms with Gasteiger partial charge in [-0.2, -0.15) is 0 Å². The third kappa shape index (κ3) is 5.14. The molecule has 1 aromatic rings. The van der Waals surface area contributed by atoms with E-state index in [1.165, 1.54) is 6.07 Å². The van der Waals surface area contributed by atoms with E-state index in [4.69, 9.17) is 5.11 Å². The number of rotatable bonds is 8. The minimum absolute atomic E-state index is 0.132. The fourth-order valence-corrected chi connectivity index (χ4v) is 1.91. The summed E-state index contributed by atoms with van der Waals surface area (Å²) in [7, 11) is 5.70. The number of aliphatic hydroxyl groups excluding tert-OH is 1. The number of anilines is 1. The zero-order valence-electron chi connectivity index (χ0n) is 12.0. The Labute approximate surface area is 114 Å². The van der Waals surface area contributed by atoms with Crippen molar-refractivity contribution in [2.75, 3.05) is 52.3 Å². The quantitative estimate of drug-likeness (QED) is 0.736. The molecule has 19 heavy (non-hydrogen) atoms. The van der Waals surface area contributed by atoms with Gasteiger partial charge in [-0.3, -0.25) is 4.90 Å². The van der Waals surface area contributed by atoms with E-state index < -0.39 is 0 Å². The average Bonchev–Trinajstić information content (AvgIpc) is 2.38. The van der Waals surface area contributed by atoms with Crippen molar-refractivity contribution in [2.24, 2.45) is 0 Å². The summed E-state index contributed by atoms with van der Waals surface area (Å²) in [5.41, 5.74) is 1.66. The lowest BCUT2D eigenvalue weighted by Gasteiger charge is -2.22. The monoisotopic (exact) mass is 269 g/mol. The predicted octanol–water partition coefficient (Wildman–Crippen LogP) is 0.905. The Morgan fingerprint density at radius 1 is 1.26 bits per heavy atom. The molecule has 1 aromatic carbocycles. The molecule has 0 aliphatic carbocycles. The lowest BCUT2D eigenvalue weighted by atomic mass is 10.1. The summed E-state index contributed by atoms with van der Waals surface area (Å²) in [6.45, 7) is 3.01. The van der Waals surface area contributed by atoms with E-state index in [0.29, 0.717) is 18.8 Å². The number of likely N-dealkylation sites (N-methyl/N-ethyl adjacent to an activating group) is 3. The van der Waals surface area contributed by atoms with Crippen LogP contribution in [0.15, 0.2) is 18.2 Å². The van der Waals surface area contributed by atoms with Crippen molar-refractivity contribution in [3.05, 3.63) is 29.6 Å². The first-order valence-electron chi connectivity index (χ1n) is 6.52. The molecule has 5 heteroatoms. The third-order valence-corrected chi connectivity index (χ3v) is 3.05. The second-order valence-electron chi connectivity index (χ2n) is 4.77. The van der Waals surface area contributed by atoms with Gasteiger partial charge in [0.15, 0.2) is 0 Å². The first kappa shape index (κ1) is 15.9. The molecule has 0 aliphatic rings. The van der Waals surface area contributed by atoms with Crippen LogP contribution in [0, 0.1) is 5.82 Å². The summed E-state index contributed by atoms with van der Waals surface area (Å²) in [5.74, 6) is -0.202. The largest absolute Gasteiger partial charge is 0.395 e. The molecule has 0 bridgehead atoms. The van der Waals surface area contributed by atoms with Gasteiger partial charge in [0.1, 0.15) is 5.82 Å². The number of hydrogen-bond acceptors (Lipinski definition) is 4. The standard InChI is InChI=1S/C14H24FN3O/c1-16-6-7-18(3)14-10-12(4-5-13(14)15)11-17(2)8-9-19/h4-5,10,16,19H,6-9,11H2,1-3H3. The van der Waals surface area contributed by atoms with E-state index in [0.717, 1.165) is 18.7 Å². The van der Waals surface area contributed by atoms with Crippen LogP contribution in [0.25, 0.3) is 0 Å². The predicted molar refractivity (Wildman–Crippen MR) is 77.0 cm³/mol. The molecule has 2 N–H and O–H groups in total. The highest BCUT2D eigenvalue weighted by Crippen LogP contribution is 2.20. The molecule has 1 rings (SSSR count). The van der Waals surface area contributed by atoms with Gasteiger partial charge in [0, 0.05) is 33.2 Å². The average molecular weight is 269 g/mol. The first-order valence-corrected chi connectivity index (χ1v) is 6.52. The summed E-state index contributed by atoms with van der Waals surface area (Å²) in [6, 6.07) is 5.17. The summed E-state index contributed by atoms with van der Waals surface area (Å²) in [5, 5.41) is 11.9. The Balaban J connectivity index is 2.75. The Morgan fingerprint density at radius 2 is 2.00 bits per heavy atom. The van der Waals surface area contributed by atoms with Crippen LogP contribution in [0.2, 0.25) is 0 Å².